The molecule has 0 spiro atoms. The second-order valence-electron chi connectivity index (χ2n) is 5.58. The van der Waals surface area contributed by atoms with Gasteiger partial charge in [0, 0.05) is 11.6 Å². The number of nitro benzene ring substituents is 1. The Bertz CT molecular complexity index is 947. The zero-order chi connectivity index (χ0) is 18.7. The third-order valence-electron chi connectivity index (χ3n) is 3.71. The smallest absolute Gasteiger partial charge is 0.363 e. The number of carbonyl (C=O) groups is 1. The lowest BCUT2D eigenvalue weighted by Crippen LogP contribution is -2.08. The minimum atomic E-state index is -0.665. The van der Waals surface area contributed by atoms with Crippen LogP contribution in [0.15, 0.2) is 53.2 Å². The lowest BCUT2D eigenvalue weighted by molar-refractivity contribution is -0.385. The lowest BCUT2D eigenvalue weighted by Gasteiger charge is -2.06. The Balaban J connectivity index is 2.03. The third kappa shape index (κ3) is 3.46. The van der Waals surface area contributed by atoms with Crippen molar-refractivity contribution in [1.29, 1.82) is 0 Å². The van der Waals surface area contributed by atoms with E-state index in [0.29, 0.717) is 17.9 Å². The van der Waals surface area contributed by atoms with Gasteiger partial charge in [-0.2, -0.15) is 0 Å². The molecule has 0 atom stereocenters. The fraction of sp³-hybridized carbons (Fsp3) is 0.158. The molecule has 0 amide bonds. The number of rotatable bonds is 5. The highest BCUT2D eigenvalue weighted by atomic mass is 16.6. The maximum atomic E-state index is 12.2. The molecule has 0 saturated carbocycles. The molecule has 0 aliphatic carbocycles. The Morgan fingerprint density at radius 3 is 2.77 bits per heavy atom. The zero-order valence-corrected chi connectivity index (χ0v) is 14.3. The summed E-state index contributed by atoms with van der Waals surface area (Å²) in [5.74, 6) is -0.131. The molecule has 0 N–H and O–H groups in total. The van der Waals surface area contributed by atoms with Crippen molar-refractivity contribution in [2.24, 2.45) is 4.99 Å². The maximum absolute atomic E-state index is 12.2. The highest BCUT2D eigenvalue weighted by molar-refractivity contribution is 6.14. The molecule has 3 rings (SSSR count). The summed E-state index contributed by atoms with van der Waals surface area (Å²) in [6.07, 6.45) is 1.54. The van der Waals surface area contributed by atoms with Crippen LogP contribution in [0.2, 0.25) is 0 Å². The van der Waals surface area contributed by atoms with Crippen molar-refractivity contribution >= 4 is 23.6 Å². The van der Waals surface area contributed by atoms with Gasteiger partial charge in [0.05, 0.1) is 11.5 Å². The summed E-state index contributed by atoms with van der Waals surface area (Å²) >= 11 is 0. The molecule has 7 heteroatoms. The van der Waals surface area contributed by atoms with E-state index in [-0.39, 0.29) is 22.8 Å². The summed E-state index contributed by atoms with van der Waals surface area (Å²) in [6.45, 7) is 4.13. The van der Waals surface area contributed by atoms with Crippen molar-refractivity contribution in [3.8, 4) is 5.75 Å². The standard InChI is InChI=1S/C19H16N2O5/c1-3-25-17-7-5-4-6-13(17)11-15-19(22)26-18(20-15)14-10-12(2)8-9-16(14)21(23)24/h4-11H,3H2,1-2H3. The van der Waals surface area contributed by atoms with Crippen molar-refractivity contribution < 1.29 is 19.2 Å². The number of hydrogen-bond acceptors (Lipinski definition) is 6. The van der Waals surface area contributed by atoms with Gasteiger partial charge in [0.1, 0.15) is 11.3 Å². The summed E-state index contributed by atoms with van der Waals surface area (Å²) in [7, 11) is 0. The zero-order valence-electron chi connectivity index (χ0n) is 14.3. The van der Waals surface area contributed by atoms with Gasteiger partial charge in [-0.15, -0.1) is 0 Å². The summed E-state index contributed by atoms with van der Waals surface area (Å²) in [5, 5.41) is 11.2. The van der Waals surface area contributed by atoms with Gasteiger partial charge in [0.15, 0.2) is 5.70 Å². The van der Waals surface area contributed by atoms with E-state index in [1.54, 1.807) is 37.3 Å². The molecule has 1 heterocycles. The average Bonchev–Trinajstić information content (AvgIpc) is 2.97. The van der Waals surface area contributed by atoms with Gasteiger partial charge in [0.25, 0.3) is 5.69 Å². The van der Waals surface area contributed by atoms with Crippen LogP contribution in [0.1, 0.15) is 23.6 Å². The monoisotopic (exact) mass is 352 g/mol. The van der Waals surface area contributed by atoms with E-state index < -0.39 is 10.9 Å². The summed E-state index contributed by atoms with van der Waals surface area (Å²) in [6, 6.07) is 11.8. The van der Waals surface area contributed by atoms with Crippen molar-refractivity contribution in [2.45, 2.75) is 13.8 Å². The summed E-state index contributed by atoms with van der Waals surface area (Å²) in [5.41, 5.74) is 1.53. The molecule has 0 fully saturated rings. The topological polar surface area (TPSA) is 91.0 Å². The first-order valence-electron chi connectivity index (χ1n) is 7.99. The molecule has 7 nitrogen and oxygen atoms in total. The van der Waals surface area contributed by atoms with Crippen LogP contribution in [-0.4, -0.2) is 23.4 Å². The number of nitrogens with zero attached hydrogens (tertiary/aromatic N) is 2. The number of aliphatic imine (C=N–C) groups is 1. The average molecular weight is 352 g/mol. The third-order valence-corrected chi connectivity index (χ3v) is 3.71. The van der Waals surface area contributed by atoms with Crippen LogP contribution in [-0.2, 0) is 9.53 Å². The van der Waals surface area contributed by atoms with Gasteiger partial charge in [0.2, 0.25) is 5.90 Å². The number of para-hydroxylation sites is 1. The predicted molar refractivity (Wildman–Crippen MR) is 96.1 cm³/mol. The van der Waals surface area contributed by atoms with Crippen molar-refractivity contribution in [2.75, 3.05) is 6.61 Å². The SMILES string of the molecule is CCOc1ccccc1C=C1N=C(c2cc(C)ccc2[N+](=O)[O-])OC1=O. The van der Waals surface area contributed by atoms with E-state index in [1.807, 2.05) is 19.1 Å². The van der Waals surface area contributed by atoms with E-state index in [1.165, 1.54) is 6.07 Å². The Hall–Kier alpha value is -3.48. The summed E-state index contributed by atoms with van der Waals surface area (Å²) < 4.78 is 10.7. The minimum Gasteiger partial charge on any atom is -0.493 e. The minimum absolute atomic E-state index is 0.0583. The molecule has 0 radical (unpaired) electrons. The molecule has 0 aromatic heterocycles. The first-order valence-corrected chi connectivity index (χ1v) is 7.99. The highest BCUT2D eigenvalue weighted by Crippen LogP contribution is 2.28. The first kappa shape index (κ1) is 17.3. The highest BCUT2D eigenvalue weighted by Gasteiger charge is 2.29. The maximum Gasteiger partial charge on any atom is 0.363 e. The van der Waals surface area contributed by atoms with Gasteiger partial charge in [-0.25, -0.2) is 9.79 Å². The fourth-order valence-corrected chi connectivity index (χ4v) is 2.54. The van der Waals surface area contributed by atoms with Crippen LogP contribution in [0.25, 0.3) is 6.08 Å². The molecule has 1 aliphatic heterocycles. The normalized spacial score (nSPS) is 14.9. The molecular formula is C19H16N2O5. The van der Waals surface area contributed by atoms with Crippen molar-refractivity contribution in [3.05, 3.63) is 75.0 Å². The van der Waals surface area contributed by atoms with Crippen LogP contribution in [0, 0.1) is 17.0 Å². The first-order chi connectivity index (χ1) is 12.5. The van der Waals surface area contributed by atoms with Gasteiger partial charge < -0.3 is 9.47 Å². The van der Waals surface area contributed by atoms with Crippen LogP contribution in [0.4, 0.5) is 5.69 Å². The van der Waals surface area contributed by atoms with E-state index in [2.05, 4.69) is 4.99 Å². The van der Waals surface area contributed by atoms with Gasteiger partial charge >= 0.3 is 5.97 Å². The number of aryl methyl sites for hydroxylation is 1. The van der Waals surface area contributed by atoms with Crippen LogP contribution >= 0.6 is 0 Å². The molecule has 132 valence electrons. The molecule has 0 saturated heterocycles. The Morgan fingerprint density at radius 1 is 1.27 bits per heavy atom. The number of nitro groups is 1. The Kier molecular flexibility index (Phi) is 4.79. The molecule has 0 unspecified atom stereocenters. The molecule has 2 aromatic carbocycles. The number of benzene rings is 2. The number of hydrogen-bond donors (Lipinski definition) is 0. The van der Waals surface area contributed by atoms with E-state index >= 15 is 0 Å². The molecule has 2 aromatic rings. The van der Waals surface area contributed by atoms with Gasteiger partial charge in [-0.1, -0.05) is 24.3 Å². The predicted octanol–water partition coefficient (Wildman–Crippen LogP) is 3.65. The van der Waals surface area contributed by atoms with Gasteiger partial charge in [-0.3, -0.25) is 10.1 Å². The van der Waals surface area contributed by atoms with E-state index in [0.717, 1.165) is 5.56 Å². The molecule has 0 bridgehead atoms. The second kappa shape index (κ2) is 7.18. The lowest BCUT2D eigenvalue weighted by atomic mass is 10.1. The van der Waals surface area contributed by atoms with Crippen LogP contribution in [0.5, 0.6) is 5.75 Å². The van der Waals surface area contributed by atoms with Crippen LogP contribution < -0.4 is 4.74 Å². The molecule has 1 aliphatic rings. The quantitative estimate of drug-likeness (QED) is 0.354. The molecular weight excluding hydrogens is 336 g/mol. The second-order valence-corrected chi connectivity index (χ2v) is 5.58. The van der Waals surface area contributed by atoms with Gasteiger partial charge in [-0.05, 0) is 37.6 Å². The fourth-order valence-electron chi connectivity index (χ4n) is 2.54. The summed E-state index contributed by atoms with van der Waals surface area (Å²) in [4.78, 5) is 27.1. The van der Waals surface area contributed by atoms with Crippen LogP contribution in [0.3, 0.4) is 0 Å². The number of carbonyl (C=O) groups excluding carboxylic acids is 1. The van der Waals surface area contributed by atoms with Crippen molar-refractivity contribution in [1.82, 2.24) is 0 Å². The van der Waals surface area contributed by atoms with E-state index in [4.69, 9.17) is 9.47 Å². The largest absolute Gasteiger partial charge is 0.493 e. The van der Waals surface area contributed by atoms with Crippen molar-refractivity contribution in [3.63, 3.8) is 0 Å². The molecule has 26 heavy (non-hydrogen) atoms. The number of cyclic esters (lactones) is 1. The Morgan fingerprint density at radius 2 is 2.04 bits per heavy atom. The Labute approximate surface area is 149 Å². The number of ether oxygens (including phenoxy) is 2. The van der Waals surface area contributed by atoms with E-state index in [9.17, 15) is 14.9 Å². The number of esters is 1.